The fourth-order valence-electron chi connectivity index (χ4n) is 1.09. The zero-order chi connectivity index (χ0) is 10.1. The van der Waals surface area contributed by atoms with Crippen LogP contribution < -0.4 is 5.32 Å². The van der Waals surface area contributed by atoms with Gasteiger partial charge < -0.3 is 10.4 Å². The standard InChI is InChI=1S/C9H19NO2S/c1-3-5-8(9(11)12)10-6-4-7-13-2/h8,10H,3-7H2,1-2H3,(H,11,12). The van der Waals surface area contributed by atoms with Crippen LogP contribution in [0.1, 0.15) is 26.2 Å². The quantitative estimate of drug-likeness (QED) is 0.591. The van der Waals surface area contributed by atoms with Gasteiger partial charge in [0.1, 0.15) is 6.04 Å². The van der Waals surface area contributed by atoms with Gasteiger partial charge in [-0.25, -0.2) is 0 Å². The number of thioether (sulfide) groups is 1. The SMILES string of the molecule is CCCC(NCCCSC)C(=O)O. The maximum Gasteiger partial charge on any atom is 0.320 e. The first-order valence-electron chi connectivity index (χ1n) is 4.67. The second kappa shape index (κ2) is 8.38. The molecule has 0 aromatic carbocycles. The lowest BCUT2D eigenvalue weighted by Crippen LogP contribution is -2.37. The van der Waals surface area contributed by atoms with Crippen LogP contribution in [0.2, 0.25) is 0 Å². The van der Waals surface area contributed by atoms with Gasteiger partial charge in [-0.1, -0.05) is 13.3 Å². The van der Waals surface area contributed by atoms with Gasteiger partial charge in [0.05, 0.1) is 0 Å². The van der Waals surface area contributed by atoms with Crippen molar-refractivity contribution in [1.82, 2.24) is 5.32 Å². The molecule has 4 heteroatoms. The minimum atomic E-state index is -0.731. The topological polar surface area (TPSA) is 49.3 Å². The zero-order valence-corrected chi connectivity index (χ0v) is 9.19. The molecule has 13 heavy (non-hydrogen) atoms. The van der Waals surface area contributed by atoms with Crippen LogP contribution in [-0.2, 0) is 4.79 Å². The normalized spacial score (nSPS) is 12.8. The highest BCUT2D eigenvalue weighted by Gasteiger charge is 2.14. The molecule has 0 heterocycles. The van der Waals surface area contributed by atoms with Gasteiger partial charge in [-0.2, -0.15) is 11.8 Å². The van der Waals surface area contributed by atoms with Crippen molar-refractivity contribution in [1.29, 1.82) is 0 Å². The molecule has 0 aliphatic carbocycles. The molecular weight excluding hydrogens is 186 g/mol. The van der Waals surface area contributed by atoms with Gasteiger partial charge in [-0.05, 0) is 31.4 Å². The summed E-state index contributed by atoms with van der Waals surface area (Å²) in [5, 5.41) is 11.8. The molecule has 0 bridgehead atoms. The van der Waals surface area contributed by atoms with Crippen LogP contribution in [-0.4, -0.2) is 35.7 Å². The summed E-state index contributed by atoms with van der Waals surface area (Å²) in [6.45, 7) is 2.80. The highest BCUT2D eigenvalue weighted by molar-refractivity contribution is 7.98. The molecule has 1 unspecified atom stereocenters. The lowest BCUT2D eigenvalue weighted by Gasteiger charge is -2.12. The average Bonchev–Trinajstić information content (AvgIpc) is 2.10. The van der Waals surface area contributed by atoms with E-state index in [2.05, 4.69) is 11.6 Å². The Labute approximate surface area is 84.3 Å². The molecule has 0 aliphatic rings. The van der Waals surface area contributed by atoms with Crippen LogP contribution in [0, 0.1) is 0 Å². The summed E-state index contributed by atoms with van der Waals surface area (Å²) in [7, 11) is 0. The van der Waals surface area contributed by atoms with E-state index in [1.165, 1.54) is 0 Å². The highest BCUT2D eigenvalue weighted by atomic mass is 32.2. The number of carboxylic acid groups (broad SMARTS) is 1. The summed E-state index contributed by atoms with van der Waals surface area (Å²) in [5.74, 6) is 0.358. The third-order valence-corrected chi connectivity index (χ3v) is 2.49. The zero-order valence-electron chi connectivity index (χ0n) is 8.38. The maximum absolute atomic E-state index is 10.7. The smallest absolute Gasteiger partial charge is 0.320 e. The van der Waals surface area contributed by atoms with Crippen LogP contribution in [0.3, 0.4) is 0 Å². The molecule has 3 nitrogen and oxygen atoms in total. The first-order chi connectivity index (χ1) is 6.22. The molecule has 0 spiro atoms. The highest BCUT2D eigenvalue weighted by Crippen LogP contribution is 1.98. The van der Waals surface area contributed by atoms with E-state index in [1.807, 2.05) is 6.92 Å². The second-order valence-electron chi connectivity index (χ2n) is 2.98. The Morgan fingerprint density at radius 1 is 1.62 bits per heavy atom. The Morgan fingerprint density at radius 3 is 2.77 bits per heavy atom. The Hall–Kier alpha value is -0.220. The predicted molar refractivity (Wildman–Crippen MR) is 57.3 cm³/mol. The van der Waals surface area contributed by atoms with Crippen molar-refractivity contribution >= 4 is 17.7 Å². The lowest BCUT2D eigenvalue weighted by molar-refractivity contribution is -0.139. The van der Waals surface area contributed by atoms with E-state index in [1.54, 1.807) is 11.8 Å². The third kappa shape index (κ3) is 6.90. The van der Waals surface area contributed by atoms with Crippen molar-refractivity contribution < 1.29 is 9.90 Å². The Morgan fingerprint density at radius 2 is 2.31 bits per heavy atom. The molecule has 0 saturated heterocycles. The third-order valence-electron chi connectivity index (χ3n) is 1.79. The van der Waals surface area contributed by atoms with Gasteiger partial charge in [0.25, 0.3) is 0 Å². The van der Waals surface area contributed by atoms with E-state index >= 15 is 0 Å². The van der Waals surface area contributed by atoms with Crippen molar-refractivity contribution in [3.63, 3.8) is 0 Å². The molecule has 0 aliphatic heterocycles. The summed E-state index contributed by atoms with van der Waals surface area (Å²) in [4.78, 5) is 10.7. The van der Waals surface area contributed by atoms with Crippen molar-refractivity contribution in [3.8, 4) is 0 Å². The van der Waals surface area contributed by atoms with Crippen LogP contribution in [0.4, 0.5) is 0 Å². The van der Waals surface area contributed by atoms with Gasteiger partial charge in [-0.15, -0.1) is 0 Å². The van der Waals surface area contributed by atoms with E-state index in [0.717, 1.165) is 25.1 Å². The first-order valence-corrected chi connectivity index (χ1v) is 6.06. The molecule has 0 fully saturated rings. The van der Waals surface area contributed by atoms with Crippen molar-refractivity contribution in [2.75, 3.05) is 18.6 Å². The molecule has 0 aromatic heterocycles. The predicted octanol–water partition coefficient (Wildman–Crippen LogP) is 1.58. The van der Waals surface area contributed by atoms with Gasteiger partial charge in [0.2, 0.25) is 0 Å². The fraction of sp³-hybridized carbons (Fsp3) is 0.889. The molecule has 2 N–H and O–H groups in total. The summed E-state index contributed by atoms with van der Waals surface area (Å²) < 4.78 is 0. The lowest BCUT2D eigenvalue weighted by atomic mass is 10.1. The largest absolute Gasteiger partial charge is 0.480 e. The van der Waals surface area contributed by atoms with Crippen LogP contribution >= 0.6 is 11.8 Å². The first kappa shape index (κ1) is 12.8. The van der Waals surface area contributed by atoms with Crippen LogP contribution in [0.5, 0.6) is 0 Å². The van der Waals surface area contributed by atoms with E-state index in [-0.39, 0.29) is 6.04 Å². The minimum Gasteiger partial charge on any atom is -0.480 e. The van der Waals surface area contributed by atoms with E-state index < -0.39 is 5.97 Å². The monoisotopic (exact) mass is 205 g/mol. The summed E-state index contributed by atoms with van der Waals surface area (Å²) in [6.07, 6.45) is 4.72. The van der Waals surface area contributed by atoms with E-state index in [9.17, 15) is 4.79 Å². The molecule has 0 aromatic rings. The van der Waals surface area contributed by atoms with Crippen molar-refractivity contribution in [3.05, 3.63) is 0 Å². The van der Waals surface area contributed by atoms with Crippen molar-refractivity contribution in [2.24, 2.45) is 0 Å². The average molecular weight is 205 g/mol. The number of rotatable bonds is 8. The number of hydrogen-bond acceptors (Lipinski definition) is 3. The molecule has 1 atom stereocenters. The Kier molecular flexibility index (Phi) is 8.24. The Bertz CT molecular complexity index is 142. The summed E-state index contributed by atoms with van der Waals surface area (Å²) in [5.41, 5.74) is 0. The Balaban J connectivity index is 3.51. The van der Waals surface area contributed by atoms with Gasteiger partial charge in [0, 0.05) is 0 Å². The molecular formula is C9H19NO2S. The van der Waals surface area contributed by atoms with E-state index in [0.29, 0.717) is 6.42 Å². The van der Waals surface area contributed by atoms with E-state index in [4.69, 9.17) is 5.11 Å². The molecule has 0 radical (unpaired) electrons. The van der Waals surface area contributed by atoms with Crippen LogP contribution in [0.25, 0.3) is 0 Å². The molecule has 0 rings (SSSR count). The van der Waals surface area contributed by atoms with Gasteiger partial charge >= 0.3 is 5.97 Å². The summed E-state index contributed by atoms with van der Waals surface area (Å²) in [6, 6.07) is -0.355. The second-order valence-corrected chi connectivity index (χ2v) is 3.97. The number of carboxylic acids is 1. The minimum absolute atomic E-state index is 0.355. The number of nitrogens with one attached hydrogen (secondary N) is 1. The molecule has 78 valence electrons. The number of aliphatic carboxylic acids is 1. The van der Waals surface area contributed by atoms with Gasteiger partial charge in [0.15, 0.2) is 0 Å². The molecule has 0 amide bonds. The fourth-order valence-corrected chi connectivity index (χ4v) is 1.53. The molecule has 0 saturated carbocycles. The number of carbonyl (C=O) groups is 1. The van der Waals surface area contributed by atoms with Gasteiger partial charge in [-0.3, -0.25) is 4.79 Å². The number of hydrogen-bond donors (Lipinski definition) is 2. The van der Waals surface area contributed by atoms with Crippen molar-refractivity contribution in [2.45, 2.75) is 32.2 Å². The van der Waals surface area contributed by atoms with Crippen LogP contribution in [0.15, 0.2) is 0 Å². The summed E-state index contributed by atoms with van der Waals surface area (Å²) >= 11 is 1.79. The maximum atomic E-state index is 10.7.